The van der Waals surface area contributed by atoms with Crippen LogP contribution in [0.4, 0.5) is 18.9 Å². The molecular formula is C26H24F3N3O2. The van der Waals surface area contributed by atoms with Crippen molar-refractivity contribution in [1.29, 1.82) is 0 Å². The molecule has 0 aromatic heterocycles. The molecule has 0 N–H and O–H groups in total. The molecule has 0 fully saturated rings. The van der Waals surface area contributed by atoms with Crippen molar-refractivity contribution in [2.75, 3.05) is 25.5 Å². The van der Waals surface area contributed by atoms with E-state index >= 15 is 0 Å². The van der Waals surface area contributed by atoms with E-state index in [-0.39, 0.29) is 24.2 Å². The van der Waals surface area contributed by atoms with E-state index in [9.17, 15) is 18.0 Å². The Bertz CT molecular complexity index is 1210. The lowest BCUT2D eigenvalue weighted by atomic mass is 10.0. The normalized spacial score (nSPS) is 15.0. The third-order valence-corrected chi connectivity index (χ3v) is 5.64. The number of carbonyl (C=O) groups excluding carboxylic acids is 1. The van der Waals surface area contributed by atoms with Gasteiger partial charge in [-0.15, -0.1) is 0 Å². The number of nitrogens with zero attached hydrogens (tertiary/aromatic N) is 3. The van der Waals surface area contributed by atoms with E-state index in [1.807, 2.05) is 43.3 Å². The van der Waals surface area contributed by atoms with E-state index in [4.69, 9.17) is 4.84 Å². The molecule has 34 heavy (non-hydrogen) atoms. The Morgan fingerprint density at radius 1 is 1.00 bits per heavy atom. The zero-order valence-corrected chi connectivity index (χ0v) is 18.8. The molecular weight excluding hydrogens is 443 g/mol. The minimum Gasteiger partial charge on any atom is -0.390 e. The van der Waals surface area contributed by atoms with Crippen molar-refractivity contribution in [2.24, 2.45) is 5.16 Å². The standard InChI is InChI=1S/C26H24F3N3O2/c1-31(2)20-11-8-17(9-12-20)25-14-21(34-30-25)16-32(15-18-7-10-19(27)13-24(18)29)26(33)22-5-3-4-6-23(22)28/h3-13,21H,14-16H2,1-2H3. The lowest BCUT2D eigenvalue weighted by molar-refractivity contribution is 0.0400. The molecule has 1 aliphatic rings. The number of oxime groups is 1. The van der Waals surface area contributed by atoms with Gasteiger partial charge in [0.1, 0.15) is 17.5 Å². The Morgan fingerprint density at radius 2 is 1.74 bits per heavy atom. The number of carbonyl (C=O) groups is 1. The summed E-state index contributed by atoms with van der Waals surface area (Å²) >= 11 is 0. The summed E-state index contributed by atoms with van der Waals surface area (Å²) in [6.07, 6.45) is -0.0726. The van der Waals surface area contributed by atoms with Gasteiger partial charge in [0.05, 0.1) is 17.8 Å². The topological polar surface area (TPSA) is 45.1 Å². The summed E-state index contributed by atoms with van der Waals surface area (Å²) in [6.45, 7) is -0.126. The highest BCUT2D eigenvalue weighted by atomic mass is 19.1. The quantitative estimate of drug-likeness (QED) is 0.491. The fourth-order valence-electron chi connectivity index (χ4n) is 3.77. The SMILES string of the molecule is CN(C)c1ccc(C2=NOC(CN(Cc3ccc(F)cc3F)C(=O)c3ccccc3F)C2)cc1. The molecule has 0 saturated heterocycles. The van der Waals surface area contributed by atoms with Crippen LogP contribution in [0.15, 0.2) is 71.9 Å². The maximum Gasteiger partial charge on any atom is 0.257 e. The van der Waals surface area contributed by atoms with Crippen molar-refractivity contribution in [3.63, 3.8) is 0 Å². The minimum atomic E-state index is -0.781. The molecule has 1 heterocycles. The van der Waals surface area contributed by atoms with Crippen LogP contribution in [0.25, 0.3) is 0 Å². The second-order valence-electron chi connectivity index (χ2n) is 8.31. The zero-order chi connectivity index (χ0) is 24.2. The molecule has 1 unspecified atom stereocenters. The maximum atomic E-state index is 14.3. The third kappa shape index (κ3) is 5.22. The van der Waals surface area contributed by atoms with Crippen molar-refractivity contribution in [1.82, 2.24) is 4.90 Å². The average molecular weight is 467 g/mol. The minimum absolute atomic E-state index is 0.0484. The molecule has 0 radical (unpaired) electrons. The lowest BCUT2D eigenvalue weighted by Gasteiger charge is -2.25. The third-order valence-electron chi connectivity index (χ3n) is 5.64. The largest absolute Gasteiger partial charge is 0.390 e. The Hall–Kier alpha value is -3.81. The van der Waals surface area contributed by atoms with Crippen LogP contribution in [-0.4, -0.2) is 43.3 Å². The summed E-state index contributed by atoms with van der Waals surface area (Å²) in [4.78, 5) is 22.0. The number of hydrogen-bond donors (Lipinski definition) is 0. The highest BCUT2D eigenvalue weighted by Gasteiger charge is 2.29. The van der Waals surface area contributed by atoms with Crippen LogP contribution in [0, 0.1) is 17.5 Å². The van der Waals surface area contributed by atoms with Gasteiger partial charge in [-0.1, -0.05) is 35.5 Å². The fraction of sp³-hybridized carbons (Fsp3) is 0.231. The number of rotatable bonds is 7. The first-order valence-electron chi connectivity index (χ1n) is 10.8. The van der Waals surface area contributed by atoms with Crippen molar-refractivity contribution >= 4 is 17.3 Å². The average Bonchev–Trinajstić information content (AvgIpc) is 3.29. The predicted octanol–water partition coefficient (Wildman–Crippen LogP) is 5.01. The Labute approximate surface area is 196 Å². The van der Waals surface area contributed by atoms with E-state index in [1.54, 1.807) is 6.07 Å². The van der Waals surface area contributed by atoms with Gasteiger partial charge in [-0.05, 0) is 35.9 Å². The number of hydrogen-bond acceptors (Lipinski definition) is 4. The molecule has 1 atom stereocenters. The molecule has 0 bridgehead atoms. The van der Waals surface area contributed by atoms with Crippen LogP contribution in [0.3, 0.4) is 0 Å². The van der Waals surface area contributed by atoms with Crippen LogP contribution in [-0.2, 0) is 11.4 Å². The summed E-state index contributed by atoms with van der Waals surface area (Å²) in [5.74, 6) is -2.79. The Balaban J connectivity index is 1.52. The first-order valence-corrected chi connectivity index (χ1v) is 10.8. The molecule has 1 aliphatic heterocycles. The van der Waals surface area contributed by atoms with Crippen molar-refractivity contribution < 1.29 is 22.8 Å². The highest BCUT2D eigenvalue weighted by Crippen LogP contribution is 2.23. The molecule has 3 aromatic rings. The molecule has 5 nitrogen and oxygen atoms in total. The second kappa shape index (κ2) is 9.99. The predicted molar refractivity (Wildman–Crippen MR) is 124 cm³/mol. The molecule has 1 amide bonds. The highest BCUT2D eigenvalue weighted by molar-refractivity contribution is 6.01. The summed E-state index contributed by atoms with van der Waals surface area (Å²) in [5, 5.41) is 4.17. The fourth-order valence-corrected chi connectivity index (χ4v) is 3.77. The van der Waals surface area contributed by atoms with Crippen LogP contribution < -0.4 is 4.90 Å². The molecule has 0 spiro atoms. The lowest BCUT2D eigenvalue weighted by Crippen LogP contribution is -2.38. The van der Waals surface area contributed by atoms with E-state index < -0.39 is 29.5 Å². The number of halogens is 3. The van der Waals surface area contributed by atoms with Crippen LogP contribution >= 0.6 is 0 Å². The van der Waals surface area contributed by atoms with Gasteiger partial charge >= 0.3 is 0 Å². The van der Waals surface area contributed by atoms with Crippen LogP contribution in [0.5, 0.6) is 0 Å². The molecule has 176 valence electrons. The Morgan fingerprint density at radius 3 is 2.41 bits per heavy atom. The van der Waals surface area contributed by atoms with Gasteiger partial charge in [0.15, 0.2) is 6.10 Å². The van der Waals surface area contributed by atoms with E-state index in [2.05, 4.69) is 5.16 Å². The van der Waals surface area contributed by atoms with Gasteiger partial charge in [-0.25, -0.2) is 13.2 Å². The van der Waals surface area contributed by atoms with Crippen molar-refractivity contribution in [3.8, 4) is 0 Å². The van der Waals surface area contributed by atoms with E-state index in [0.29, 0.717) is 6.42 Å². The second-order valence-corrected chi connectivity index (χ2v) is 8.31. The van der Waals surface area contributed by atoms with E-state index in [1.165, 1.54) is 29.2 Å². The molecule has 3 aromatic carbocycles. The zero-order valence-electron chi connectivity index (χ0n) is 18.8. The first kappa shape index (κ1) is 23.4. The van der Waals surface area contributed by atoms with Gasteiger partial charge < -0.3 is 14.6 Å². The van der Waals surface area contributed by atoms with Gasteiger partial charge in [0.25, 0.3) is 5.91 Å². The van der Waals surface area contributed by atoms with Crippen LogP contribution in [0.2, 0.25) is 0 Å². The summed E-state index contributed by atoms with van der Waals surface area (Å²) in [5.41, 5.74) is 2.64. The molecule has 8 heteroatoms. The monoisotopic (exact) mass is 467 g/mol. The molecule has 0 saturated carbocycles. The first-order chi connectivity index (χ1) is 16.3. The number of benzene rings is 3. The van der Waals surface area contributed by atoms with Gasteiger partial charge in [0.2, 0.25) is 0 Å². The van der Waals surface area contributed by atoms with Gasteiger partial charge in [-0.2, -0.15) is 0 Å². The van der Waals surface area contributed by atoms with Crippen molar-refractivity contribution in [2.45, 2.75) is 19.1 Å². The van der Waals surface area contributed by atoms with Crippen LogP contribution in [0.1, 0.15) is 27.9 Å². The van der Waals surface area contributed by atoms with Gasteiger partial charge in [-0.3, -0.25) is 4.79 Å². The molecule has 0 aliphatic carbocycles. The van der Waals surface area contributed by atoms with E-state index in [0.717, 1.165) is 29.1 Å². The molecule has 4 rings (SSSR count). The maximum absolute atomic E-state index is 14.3. The van der Waals surface area contributed by atoms with Crippen molar-refractivity contribution in [3.05, 3.63) is 101 Å². The summed E-state index contributed by atoms with van der Waals surface area (Å²) < 4.78 is 42.0. The summed E-state index contributed by atoms with van der Waals surface area (Å²) in [7, 11) is 3.90. The Kier molecular flexibility index (Phi) is 6.86. The van der Waals surface area contributed by atoms with Gasteiger partial charge in [0, 0.05) is 44.4 Å². The summed E-state index contributed by atoms with van der Waals surface area (Å²) in [6, 6.07) is 16.6. The number of anilines is 1. The number of amides is 1. The smallest absolute Gasteiger partial charge is 0.257 e.